The minimum Gasteiger partial charge on any atom is -0.506 e. The zero-order valence-corrected chi connectivity index (χ0v) is 10.2. The van der Waals surface area contributed by atoms with Crippen molar-refractivity contribution in [3.05, 3.63) is 29.8 Å². The zero-order valence-electron chi connectivity index (χ0n) is 10.2. The first-order chi connectivity index (χ1) is 8.54. The maximum Gasteiger partial charge on any atom is 0.356 e. The number of fused-ring (bicyclic) bond motifs is 1. The molecule has 6 nitrogen and oxygen atoms in total. The van der Waals surface area contributed by atoms with Gasteiger partial charge in [0.2, 0.25) is 0 Å². The van der Waals surface area contributed by atoms with Crippen LogP contribution in [0, 0.1) is 0 Å². The summed E-state index contributed by atoms with van der Waals surface area (Å²) in [5.74, 6) is -0.608. The third-order valence-corrected chi connectivity index (χ3v) is 2.90. The van der Waals surface area contributed by atoms with E-state index in [0.29, 0.717) is 12.2 Å². The summed E-state index contributed by atoms with van der Waals surface area (Å²) in [5.41, 5.74) is 0.120. The van der Waals surface area contributed by atoms with E-state index in [1.807, 2.05) is 14.0 Å². The van der Waals surface area contributed by atoms with Crippen LogP contribution in [0.4, 0.5) is 0 Å². The number of hydrogen-bond donors (Lipinski definition) is 3. The first-order valence-electron chi connectivity index (χ1n) is 5.64. The van der Waals surface area contributed by atoms with Gasteiger partial charge in [0.1, 0.15) is 17.1 Å². The fourth-order valence-corrected chi connectivity index (χ4v) is 1.85. The topological polar surface area (TPSA) is 86.9 Å². The Bertz CT molecular complexity index is 592. The van der Waals surface area contributed by atoms with Gasteiger partial charge < -0.3 is 15.5 Å². The highest BCUT2D eigenvalue weighted by Gasteiger charge is 2.20. The molecule has 2 aromatic rings. The molecule has 0 bridgehead atoms. The SMILES string of the molecule is CNC(C)Cc1nc(C(=O)O)c2c(O)cccn12. The van der Waals surface area contributed by atoms with Gasteiger partial charge in [0, 0.05) is 18.7 Å². The molecule has 96 valence electrons. The van der Waals surface area contributed by atoms with Crippen molar-refractivity contribution in [2.75, 3.05) is 7.05 Å². The standard InChI is InChI=1S/C12H15N3O3/c1-7(13-2)6-9-14-10(12(17)18)11-8(16)4-3-5-15(9)11/h3-5,7,13,16H,6H2,1-2H3,(H,17,18). The lowest BCUT2D eigenvalue weighted by molar-refractivity contribution is 0.0693. The minimum absolute atomic E-state index is 0.0780. The second kappa shape index (κ2) is 4.66. The lowest BCUT2D eigenvalue weighted by atomic mass is 10.2. The third kappa shape index (κ3) is 2.02. The van der Waals surface area contributed by atoms with Crippen molar-refractivity contribution in [1.82, 2.24) is 14.7 Å². The predicted molar refractivity (Wildman–Crippen MR) is 66.0 cm³/mol. The number of carbonyl (C=O) groups is 1. The molecule has 2 aromatic heterocycles. The Morgan fingerprint density at radius 2 is 2.33 bits per heavy atom. The Hall–Kier alpha value is -2.08. The lowest BCUT2D eigenvalue weighted by Crippen LogP contribution is -2.24. The van der Waals surface area contributed by atoms with Crippen LogP contribution in [-0.4, -0.2) is 38.7 Å². The van der Waals surface area contributed by atoms with E-state index < -0.39 is 5.97 Å². The van der Waals surface area contributed by atoms with Gasteiger partial charge >= 0.3 is 5.97 Å². The summed E-state index contributed by atoms with van der Waals surface area (Å²) in [7, 11) is 1.83. The Labute approximate surface area is 104 Å². The van der Waals surface area contributed by atoms with Gasteiger partial charge in [-0.2, -0.15) is 0 Å². The normalized spacial score (nSPS) is 12.8. The highest BCUT2D eigenvalue weighted by atomic mass is 16.4. The highest BCUT2D eigenvalue weighted by molar-refractivity contribution is 5.95. The van der Waals surface area contributed by atoms with Crippen LogP contribution >= 0.6 is 0 Å². The summed E-state index contributed by atoms with van der Waals surface area (Å²) in [6.45, 7) is 1.98. The van der Waals surface area contributed by atoms with Gasteiger partial charge in [-0.25, -0.2) is 9.78 Å². The third-order valence-electron chi connectivity index (χ3n) is 2.90. The number of aromatic hydroxyl groups is 1. The van der Waals surface area contributed by atoms with E-state index in [-0.39, 0.29) is 23.0 Å². The summed E-state index contributed by atoms with van der Waals surface area (Å²) in [6, 6.07) is 3.28. The van der Waals surface area contributed by atoms with E-state index in [4.69, 9.17) is 5.11 Å². The molecule has 0 saturated heterocycles. The predicted octanol–water partition coefficient (Wildman–Crippen LogP) is 0.889. The van der Waals surface area contributed by atoms with E-state index in [2.05, 4.69) is 10.3 Å². The van der Waals surface area contributed by atoms with Crippen LogP contribution in [0.1, 0.15) is 23.2 Å². The zero-order chi connectivity index (χ0) is 13.3. The number of pyridine rings is 1. The molecule has 6 heteroatoms. The largest absolute Gasteiger partial charge is 0.506 e. The maximum absolute atomic E-state index is 11.1. The number of likely N-dealkylation sites (N-methyl/N-ethyl adjacent to an activating group) is 1. The van der Waals surface area contributed by atoms with Crippen LogP contribution in [0.25, 0.3) is 5.52 Å². The second-order valence-corrected chi connectivity index (χ2v) is 4.19. The number of nitrogens with zero attached hydrogens (tertiary/aromatic N) is 2. The van der Waals surface area contributed by atoms with E-state index in [1.165, 1.54) is 6.07 Å². The lowest BCUT2D eigenvalue weighted by Gasteiger charge is -2.08. The van der Waals surface area contributed by atoms with Gasteiger partial charge in [-0.15, -0.1) is 0 Å². The molecule has 0 fully saturated rings. The molecule has 2 heterocycles. The fourth-order valence-electron chi connectivity index (χ4n) is 1.85. The van der Waals surface area contributed by atoms with E-state index in [1.54, 1.807) is 16.7 Å². The monoisotopic (exact) mass is 249 g/mol. The molecular weight excluding hydrogens is 234 g/mol. The van der Waals surface area contributed by atoms with Gasteiger partial charge in [0.05, 0.1) is 0 Å². The van der Waals surface area contributed by atoms with E-state index >= 15 is 0 Å². The molecule has 0 amide bonds. The molecular formula is C12H15N3O3. The first kappa shape index (κ1) is 12.4. The van der Waals surface area contributed by atoms with Gasteiger partial charge in [-0.1, -0.05) is 0 Å². The molecule has 3 N–H and O–H groups in total. The Morgan fingerprint density at radius 1 is 1.61 bits per heavy atom. The van der Waals surface area contributed by atoms with E-state index in [9.17, 15) is 9.90 Å². The molecule has 0 aromatic carbocycles. The number of carboxylic acid groups (broad SMARTS) is 1. The summed E-state index contributed by atoms with van der Waals surface area (Å²) in [5, 5.41) is 21.9. The number of imidazole rings is 1. The minimum atomic E-state index is -1.14. The second-order valence-electron chi connectivity index (χ2n) is 4.19. The average molecular weight is 249 g/mol. The van der Waals surface area contributed by atoms with Crippen LogP contribution in [0.15, 0.2) is 18.3 Å². The Balaban J connectivity index is 2.61. The van der Waals surface area contributed by atoms with Crippen LogP contribution in [0.2, 0.25) is 0 Å². The Morgan fingerprint density at radius 3 is 2.94 bits per heavy atom. The van der Waals surface area contributed by atoms with Gasteiger partial charge in [0.25, 0.3) is 0 Å². The van der Waals surface area contributed by atoms with Crippen LogP contribution in [-0.2, 0) is 6.42 Å². The summed E-state index contributed by atoms with van der Waals surface area (Å²) >= 11 is 0. The maximum atomic E-state index is 11.1. The molecule has 0 aliphatic heterocycles. The molecule has 0 aliphatic rings. The van der Waals surface area contributed by atoms with Crippen molar-refractivity contribution in [3.8, 4) is 5.75 Å². The fraction of sp³-hybridized carbons (Fsp3) is 0.333. The summed E-state index contributed by atoms with van der Waals surface area (Å²) < 4.78 is 1.62. The van der Waals surface area contributed by atoms with Gasteiger partial charge in [0.15, 0.2) is 5.69 Å². The molecule has 1 atom stereocenters. The quantitative estimate of drug-likeness (QED) is 0.749. The molecule has 0 radical (unpaired) electrons. The number of aromatic nitrogens is 2. The highest BCUT2D eigenvalue weighted by Crippen LogP contribution is 2.23. The molecule has 0 spiro atoms. The van der Waals surface area contributed by atoms with Crippen molar-refractivity contribution in [1.29, 1.82) is 0 Å². The van der Waals surface area contributed by atoms with E-state index in [0.717, 1.165) is 0 Å². The molecule has 0 saturated carbocycles. The van der Waals surface area contributed by atoms with Crippen molar-refractivity contribution in [3.63, 3.8) is 0 Å². The molecule has 2 rings (SSSR count). The van der Waals surface area contributed by atoms with Crippen LogP contribution in [0.3, 0.4) is 0 Å². The van der Waals surface area contributed by atoms with Crippen LogP contribution in [0.5, 0.6) is 5.75 Å². The van der Waals surface area contributed by atoms with Crippen molar-refractivity contribution in [2.45, 2.75) is 19.4 Å². The van der Waals surface area contributed by atoms with Gasteiger partial charge in [-0.05, 0) is 26.1 Å². The van der Waals surface area contributed by atoms with Crippen molar-refractivity contribution >= 4 is 11.5 Å². The summed E-state index contributed by atoms with van der Waals surface area (Å²) in [6.07, 6.45) is 2.28. The van der Waals surface area contributed by atoms with Crippen LogP contribution < -0.4 is 5.32 Å². The number of carboxylic acids is 1. The molecule has 1 unspecified atom stereocenters. The van der Waals surface area contributed by atoms with Gasteiger partial charge in [-0.3, -0.25) is 4.40 Å². The summed E-state index contributed by atoms with van der Waals surface area (Å²) in [4.78, 5) is 15.2. The smallest absolute Gasteiger partial charge is 0.356 e. The number of aromatic carboxylic acids is 1. The number of nitrogens with one attached hydrogen (secondary N) is 1. The number of hydrogen-bond acceptors (Lipinski definition) is 4. The van der Waals surface area contributed by atoms with Crippen molar-refractivity contribution < 1.29 is 15.0 Å². The molecule has 0 aliphatic carbocycles. The Kier molecular flexibility index (Phi) is 3.20. The average Bonchev–Trinajstić information content (AvgIpc) is 2.70. The first-order valence-corrected chi connectivity index (χ1v) is 5.64. The number of rotatable bonds is 4. The van der Waals surface area contributed by atoms with Crippen molar-refractivity contribution in [2.24, 2.45) is 0 Å². The molecule has 18 heavy (non-hydrogen) atoms.